The van der Waals surface area contributed by atoms with Crippen molar-refractivity contribution in [3.8, 4) is 9.88 Å². The Morgan fingerprint density at radius 1 is 1.42 bits per heavy atom. The quantitative estimate of drug-likeness (QED) is 0.738. The molecule has 0 N–H and O–H groups in total. The van der Waals surface area contributed by atoms with Crippen LogP contribution in [-0.2, 0) is 6.42 Å². The van der Waals surface area contributed by atoms with Gasteiger partial charge < -0.3 is 0 Å². The average Bonchev–Trinajstić information content (AvgIpc) is 2.75. The lowest BCUT2D eigenvalue weighted by molar-refractivity contribution is 1.17. The molecule has 0 aliphatic heterocycles. The number of thiazole rings is 2. The van der Waals surface area contributed by atoms with Crippen LogP contribution < -0.4 is 0 Å². The minimum atomic E-state index is 1.07. The Kier molecular flexibility index (Phi) is 2.19. The molecule has 0 saturated carbocycles. The number of rotatable bonds is 2. The monoisotopic (exact) mass is 196 g/mol. The van der Waals surface area contributed by atoms with E-state index in [-0.39, 0.29) is 0 Å². The SMILES string of the molecule is CCc1cnc(-c2cncs2)s1. The highest BCUT2D eigenvalue weighted by Crippen LogP contribution is 2.27. The van der Waals surface area contributed by atoms with Crippen LogP contribution in [0, 0.1) is 0 Å². The van der Waals surface area contributed by atoms with E-state index in [1.165, 1.54) is 9.75 Å². The molecule has 12 heavy (non-hydrogen) atoms. The molecule has 0 radical (unpaired) electrons. The van der Waals surface area contributed by atoms with Crippen molar-refractivity contribution in [2.75, 3.05) is 0 Å². The van der Waals surface area contributed by atoms with E-state index in [0.717, 1.165) is 11.4 Å². The predicted molar refractivity (Wildman–Crippen MR) is 52.6 cm³/mol. The van der Waals surface area contributed by atoms with E-state index in [2.05, 4.69) is 16.9 Å². The lowest BCUT2D eigenvalue weighted by atomic mass is 10.4. The fraction of sp³-hybridized carbons (Fsp3) is 0.250. The van der Waals surface area contributed by atoms with E-state index in [0.29, 0.717) is 0 Å². The van der Waals surface area contributed by atoms with Crippen LogP contribution in [0.3, 0.4) is 0 Å². The molecular weight excluding hydrogens is 188 g/mol. The molecule has 2 aromatic heterocycles. The summed E-state index contributed by atoms with van der Waals surface area (Å²) in [6.45, 7) is 2.14. The summed E-state index contributed by atoms with van der Waals surface area (Å²) in [5.41, 5.74) is 1.84. The fourth-order valence-corrected chi connectivity index (χ4v) is 2.44. The van der Waals surface area contributed by atoms with Crippen molar-refractivity contribution in [3.05, 3.63) is 22.8 Å². The lowest BCUT2D eigenvalue weighted by Crippen LogP contribution is -1.65. The maximum Gasteiger partial charge on any atom is 0.135 e. The molecule has 0 saturated heterocycles. The molecule has 62 valence electrons. The number of aromatic nitrogens is 2. The molecule has 2 rings (SSSR count). The first kappa shape index (κ1) is 7.89. The molecule has 2 aromatic rings. The zero-order valence-corrected chi connectivity index (χ0v) is 8.28. The molecular formula is C8H8N2S2. The van der Waals surface area contributed by atoms with Crippen molar-refractivity contribution >= 4 is 22.7 Å². The third-order valence-electron chi connectivity index (χ3n) is 1.55. The van der Waals surface area contributed by atoms with E-state index in [1.807, 2.05) is 17.9 Å². The molecule has 2 heterocycles. The predicted octanol–water partition coefficient (Wildman–Crippen LogP) is 2.83. The van der Waals surface area contributed by atoms with Gasteiger partial charge in [0, 0.05) is 17.3 Å². The van der Waals surface area contributed by atoms with Crippen molar-refractivity contribution < 1.29 is 0 Å². The second-order valence-electron chi connectivity index (χ2n) is 2.35. The highest BCUT2D eigenvalue weighted by Gasteiger charge is 2.03. The average molecular weight is 196 g/mol. The topological polar surface area (TPSA) is 25.8 Å². The summed E-state index contributed by atoms with van der Waals surface area (Å²) >= 11 is 3.39. The van der Waals surface area contributed by atoms with Crippen LogP contribution >= 0.6 is 22.7 Å². The van der Waals surface area contributed by atoms with Gasteiger partial charge in [-0.05, 0) is 6.42 Å². The Morgan fingerprint density at radius 3 is 2.92 bits per heavy atom. The Balaban J connectivity index is 2.35. The van der Waals surface area contributed by atoms with Gasteiger partial charge in [0.15, 0.2) is 0 Å². The normalized spacial score (nSPS) is 10.4. The zero-order chi connectivity index (χ0) is 8.39. The van der Waals surface area contributed by atoms with Gasteiger partial charge in [-0.1, -0.05) is 6.92 Å². The minimum Gasteiger partial charge on any atom is -0.252 e. The summed E-state index contributed by atoms with van der Waals surface area (Å²) in [6, 6.07) is 0. The van der Waals surface area contributed by atoms with Crippen LogP contribution in [0.15, 0.2) is 17.9 Å². The van der Waals surface area contributed by atoms with Crippen LogP contribution in [0.25, 0.3) is 9.88 Å². The second-order valence-corrected chi connectivity index (χ2v) is 4.35. The first-order chi connectivity index (χ1) is 5.90. The fourth-order valence-electron chi connectivity index (χ4n) is 0.906. The summed E-state index contributed by atoms with van der Waals surface area (Å²) in [7, 11) is 0. The minimum absolute atomic E-state index is 1.07. The highest BCUT2D eigenvalue weighted by molar-refractivity contribution is 7.20. The third-order valence-corrected chi connectivity index (χ3v) is 3.63. The van der Waals surface area contributed by atoms with E-state index in [9.17, 15) is 0 Å². The molecule has 4 heteroatoms. The summed E-state index contributed by atoms with van der Waals surface area (Å²) < 4.78 is 0. The van der Waals surface area contributed by atoms with E-state index < -0.39 is 0 Å². The van der Waals surface area contributed by atoms with Crippen molar-refractivity contribution in [1.82, 2.24) is 9.97 Å². The van der Waals surface area contributed by atoms with Gasteiger partial charge in [0.05, 0.1) is 10.4 Å². The summed E-state index contributed by atoms with van der Waals surface area (Å²) in [4.78, 5) is 10.8. The van der Waals surface area contributed by atoms with Gasteiger partial charge in [-0.3, -0.25) is 4.98 Å². The molecule has 0 aliphatic rings. The number of hydrogen-bond donors (Lipinski definition) is 0. The molecule has 0 aliphatic carbocycles. The Bertz CT molecular complexity index is 351. The van der Waals surface area contributed by atoms with Gasteiger partial charge in [0.2, 0.25) is 0 Å². The first-order valence-corrected chi connectivity index (χ1v) is 5.43. The van der Waals surface area contributed by atoms with E-state index in [1.54, 1.807) is 22.7 Å². The van der Waals surface area contributed by atoms with E-state index >= 15 is 0 Å². The Hall–Kier alpha value is -0.740. The summed E-state index contributed by atoms with van der Waals surface area (Å²) in [6.07, 6.45) is 4.87. The molecule has 0 amide bonds. The van der Waals surface area contributed by atoms with Gasteiger partial charge in [-0.25, -0.2) is 4.98 Å². The number of hydrogen-bond acceptors (Lipinski definition) is 4. The standard InChI is InChI=1S/C8H8N2S2/c1-2-6-3-10-8(12-6)7-4-9-5-11-7/h3-5H,2H2,1H3. The van der Waals surface area contributed by atoms with Gasteiger partial charge in [0.1, 0.15) is 5.01 Å². The Labute approximate surface area is 78.9 Å². The van der Waals surface area contributed by atoms with Crippen LogP contribution in [0.5, 0.6) is 0 Å². The highest BCUT2D eigenvalue weighted by atomic mass is 32.1. The maximum absolute atomic E-state index is 4.32. The van der Waals surface area contributed by atoms with Crippen molar-refractivity contribution in [2.24, 2.45) is 0 Å². The molecule has 0 aromatic carbocycles. The van der Waals surface area contributed by atoms with Crippen molar-refractivity contribution in [3.63, 3.8) is 0 Å². The third kappa shape index (κ3) is 1.40. The molecule has 0 unspecified atom stereocenters. The van der Waals surface area contributed by atoms with Crippen LogP contribution in [-0.4, -0.2) is 9.97 Å². The van der Waals surface area contributed by atoms with Gasteiger partial charge in [-0.2, -0.15) is 0 Å². The van der Waals surface area contributed by atoms with Gasteiger partial charge in [0.25, 0.3) is 0 Å². The molecule has 0 bridgehead atoms. The largest absolute Gasteiger partial charge is 0.252 e. The smallest absolute Gasteiger partial charge is 0.135 e. The zero-order valence-electron chi connectivity index (χ0n) is 6.65. The molecule has 0 fully saturated rings. The van der Waals surface area contributed by atoms with Gasteiger partial charge in [-0.15, -0.1) is 22.7 Å². The lowest BCUT2D eigenvalue weighted by Gasteiger charge is -1.84. The van der Waals surface area contributed by atoms with Gasteiger partial charge >= 0.3 is 0 Å². The first-order valence-electron chi connectivity index (χ1n) is 3.73. The van der Waals surface area contributed by atoms with Crippen molar-refractivity contribution in [1.29, 1.82) is 0 Å². The number of nitrogens with zero attached hydrogens (tertiary/aromatic N) is 2. The maximum atomic E-state index is 4.32. The van der Waals surface area contributed by atoms with Crippen LogP contribution in [0.2, 0.25) is 0 Å². The van der Waals surface area contributed by atoms with Crippen LogP contribution in [0.4, 0.5) is 0 Å². The Morgan fingerprint density at radius 2 is 2.33 bits per heavy atom. The van der Waals surface area contributed by atoms with E-state index in [4.69, 9.17) is 0 Å². The summed E-state index contributed by atoms with van der Waals surface area (Å²) in [5, 5.41) is 1.09. The van der Waals surface area contributed by atoms with Crippen LogP contribution in [0.1, 0.15) is 11.8 Å². The number of aryl methyl sites for hydroxylation is 1. The molecule has 0 atom stereocenters. The summed E-state index contributed by atoms with van der Waals surface area (Å²) in [5.74, 6) is 0. The molecule has 2 nitrogen and oxygen atoms in total. The second kappa shape index (κ2) is 3.33. The molecule has 0 spiro atoms. The van der Waals surface area contributed by atoms with Crippen molar-refractivity contribution in [2.45, 2.75) is 13.3 Å².